The largest absolute Gasteiger partial charge is 0.465 e. The number of hydrogen-bond donors (Lipinski definition) is 1. The van der Waals surface area contributed by atoms with E-state index in [1.54, 1.807) is 20.8 Å². The van der Waals surface area contributed by atoms with Gasteiger partial charge in [0.2, 0.25) is 0 Å². The molecule has 8 heteroatoms. The van der Waals surface area contributed by atoms with Crippen LogP contribution in [-0.2, 0) is 28.6 Å². The van der Waals surface area contributed by atoms with Gasteiger partial charge in [-0.1, -0.05) is 6.42 Å². The highest BCUT2D eigenvalue weighted by Crippen LogP contribution is 2.19. The third kappa shape index (κ3) is 10.7. The summed E-state index contributed by atoms with van der Waals surface area (Å²) in [5.74, 6) is -2.10. The zero-order chi connectivity index (χ0) is 22.6. The lowest BCUT2D eigenvalue weighted by atomic mass is 9.93. The number of carbonyl (C=O) groups is 3. The molecule has 1 saturated heterocycles. The van der Waals surface area contributed by atoms with Crippen molar-refractivity contribution >= 4 is 17.9 Å². The van der Waals surface area contributed by atoms with Gasteiger partial charge in [0.25, 0.3) is 0 Å². The van der Waals surface area contributed by atoms with E-state index in [1.807, 2.05) is 0 Å². The third-order valence-electron chi connectivity index (χ3n) is 4.69. The van der Waals surface area contributed by atoms with Crippen LogP contribution in [0.4, 0.5) is 0 Å². The van der Waals surface area contributed by atoms with Crippen LogP contribution in [-0.4, -0.2) is 73.0 Å². The van der Waals surface area contributed by atoms with E-state index in [0.717, 1.165) is 44.6 Å². The number of ether oxygens (including phenoxy) is 3. The minimum Gasteiger partial charge on any atom is -0.465 e. The number of hydrogen-bond acceptors (Lipinski definition) is 8. The Balaban J connectivity index is 2.32. The molecule has 0 saturated carbocycles. The predicted octanol–water partition coefficient (Wildman–Crippen LogP) is 2.24. The van der Waals surface area contributed by atoms with Crippen molar-refractivity contribution in [2.45, 2.75) is 65.4 Å². The van der Waals surface area contributed by atoms with Crippen molar-refractivity contribution in [1.82, 2.24) is 4.90 Å². The average molecular weight is 428 g/mol. The quantitative estimate of drug-likeness (QED) is 0.232. The van der Waals surface area contributed by atoms with Crippen molar-refractivity contribution in [3.8, 4) is 0 Å². The number of rotatable bonds is 11. The van der Waals surface area contributed by atoms with Gasteiger partial charge in [-0.2, -0.15) is 0 Å². The van der Waals surface area contributed by atoms with E-state index in [2.05, 4.69) is 4.90 Å². The predicted molar refractivity (Wildman–Crippen MR) is 112 cm³/mol. The van der Waals surface area contributed by atoms with Gasteiger partial charge in [-0.25, -0.2) is 9.59 Å². The summed E-state index contributed by atoms with van der Waals surface area (Å²) in [6.07, 6.45) is 7.36. The SMILES string of the molecule is CC(C)(C)OC(=O)/C=C/C(=O)OCC(C)(CO)C(=O)OCCCCN1CCCCC1. The molecule has 0 aromatic carbocycles. The average Bonchev–Trinajstić information content (AvgIpc) is 2.69. The first-order valence-corrected chi connectivity index (χ1v) is 10.6. The molecule has 30 heavy (non-hydrogen) atoms. The molecule has 1 unspecified atom stereocenters. The molecule has 0 radical (unpaired) electrons. The standard InChI is InChI=1S/C22H37NO7/c1-21(2,3)30-19(26)11-10-18(25)29-17-22(4,16-24)20(27)28-15-9-8-14-23-12-6-5-7-13-23/h10-11,24H,5-9,12-17H2,1-4H3/b11-10+. The van der Waals surface area contributed by atoms with Gasteiger partial charge in [-0.3, -0.25) is 4.79 Å². The Bertz CT molecular complexity index is 591. The van der Waals surface area contributed by atoms with Gasteiger partial charge in [0.1, 0.15) is 17.6 Å². The highest BCUT2D eigenvalue weighted by Gasteiger charge is 2.36. The number of nitrogens with zero attached hydrogens (tertiary/aromatic N) is 1. The van der Waals surface area contributed by atoms with Crippen LogP contribution < -0.4 is 0 Å². The van der Waals surface area contributed by atoms with Gasteiger partial charge in [0.15, 0.2) is 0 Å². The van der Waals surface area contributed by atoms with Gasteiger partial charge >= 0.3 is 17.9 Å². The fraction of sp³-hybridized carbons (Fsp3) is 0.773. The number of aliphatic hydroxyl groups is 1. The second-order valence-corrected chi connectivity index (χ2v) is 8.94. The maximum absolute atomic E-state index is 12.3. The lowest BCUT2D eigenvalue weighted by Crippen LogP contribution is -2.39. The van der Waals surface area contributed by atoms with Crippen LogP contribution >= 0.6 is 0 Å². The molecule has 0 aromatic rings. The van der Waals surface area contributed by atoms with E-state index < -0.39 is 35.5 Å². The first-order chi connectivity index (χ1) is 14.1. The van der Waals surface area contributed by atoms with Crippen molar-refractivity contribution in [3.05, 3.63) is 12.2 Å². The Morgan fingerprint density at radius 3 is 2.17 bits per heavy atom. The minimum atomic E-state index is -1.36. The summed E-state index contributed by atoms with van der Waals surface area (Å²) >= 11 is 0. The van der Waals surface area contributed by atoms with Crippen LogP contribution in [0.25, 0.3) is 0 Å². The fourth-order valence-corrected chi connectivity index (χ4v) is 2.88. The highest BCUT2D eigenvalue weighted by molar-refractivity contribution is 5.92. The van der Waals surface area contributed by atoms with E-state index in [9.17, 15) is 19.5 Å². The second-order valence-electron chi connectivity index (χ2n) is 8.94. The normalized spacial score (nSPS) is 17.4. The van der Waals surface area contributed by atoms with Crippen molar-refractivity contribution in [3.63, 3.8) is 0 Å². The maximum Gasteiger partial charge on any atom is 0.331 e. The second kappa shape index (κ2) is 12.7. The lowest BCUT2D eigenvalue weighted by molar-refractivity contribution is -0.164. The fourth-order valence-electron chi connectivity index (χ4n) is 2.88. The number of esters is 3. The molecule has 172 valence electrons. The van der Waals surface area contributed by atoms with Gasteiger partial charge in [0.05, 0.1) is 13.2 Å². The number of aliphatic hydroxyl groups excluding tert-OH is 1. The Kier molecular flexibility index (Phi) is 11.0. The summed E-state index contributed by atoms with van der Waals surface area (Å²) < 4.78 is 15.3. The lowest BCUT2D eigenvalue weighted by Gasteiger charge is -2.26. The number of likely N-dealkylation sites (tertiary alicyclic amines) is 1. The monoisotopic (exact) mass is 427 g/mol. The molecule has 0 aromatic heterocycles. The minimum absolute atomic E-state index is 0.259. The summed E-state index contributed by atoms with van der Waals surface area (Å²) in [4.78, 5) is 38.1. The molecule has 1 heterocycles. The van der Waals surface area contributed by atoms with Gasteiger partial charge < -0.3 is 24.2 Å². The Labute approximate surface area is 179 Å². The molecule has 1 rings (SSSR count). The van der Waals surface area contributed by atoms with Crippen LogP contribution in [0.5, 0.6) is 0 Å². The molecular formula is C22H37NO7. The topological polar surface area (TPSA) is 102 Å². The van der Waals surface area contributed by atoms with E-state index in [0.29, 0.717) is 0 Å². The van der Waals surface area contributed by atoms with Crippen molar-refractivity contribution in [1.29, 1.82) is 0 Å². The number of unbranched alkanes of at least 4 members (excludes halogenated alkanes) is 1. The first-order valence-electron chi connectivity index (χ1n) is 10.6. The van der Waals surface area contributed by atoms with Crippen LogP contribution in [0.3, 0.4) is 0 Å². The van der Waals surface area contributed by atoms with E-state index in [-0.39, 0.29) is 13.2 Å². The van der Waals surface area contributed by atoms with Crippen LogP contribution in [0.1, 0.15) is 59.8 Å². The molecule has 8 nitrogen and oxygen atoms in total. The summed E-state index contributed by atoms with van der Waals surface area (Å²) in [5, 5.41) is 9.60. The summed E-state index contributed by atoms with van der Waals surface area (Å²) in [6, 6.07) is 0. The van der Waals surface area contributed by atoms with Gasteiger partial charge in [0, 0.05) is 12.2 Å². The summed E-state index contributed by atoms with van der Waals surface area (Å²) in [5.41, 5.74) is -2.03. The first kappa shape index (κ1) is 26.1. The summed E-state index contributed by atoms with van der Waals surface area (Å²) in [6.45, 7) is 9.25. The molecule has 1 aliphatic heterocycles. The molecule has 0 aliphatic carbocycles. The van der Waals surface area contributed by atoms with E-state index in [4.69, 9.17) is 14.2 Å². The van der Waals surface area contributed by atoms with Crippen LogP contribution in [0.15, 0.2) is 12.2 Å². The molecule has 0 amide bonds. The smallest absolute Gasteiger partial charge is 0.331 e. The van der Waals surface area contributed by atoms with Crippen molar-refractivity contribution in [2.24, 2.45) is 5.41 Å². The van der Waals surface area contributed by atoms with Crippen LogP contribution in [0.2, 0.25) is 0 Å². The van der Waals surface area contributed by atoms with Crippen molar-refractivity contribution < 1.29 is 33.7 Å². The van der Waals surface area contributed by atoms with Gasteiger partial charge in [-0.15, -0.1) is 0 Å². The van der Waals surface area contributed by atoms with E-state index in [1.165, 1.54) is 26.2 Å². The molecule has 1 atom stereocenters. The maximum atomic E-state index is 12.3. The molecule has 1 aliphatic rings. The number of piperidine rings is 1. The molecule has 1 N–H and O–H groups in total. The Morgan fingerprint density at radius 2 is 1.57 bits per heavy atom. The zero-order valence-corrected chi connectivity index (χ0v) is 18.8. The molecule has 0 spiro atoms. The molecular weight excluding hydrogens is 390 g/mol. The molecule has 1 fully saturated rings. The van der Waals surface area contributed by atoms with Crippen LogP contribution in [0, 0.1) is 5.41 Å². The zero-order valence-electron chi connectivity index (χ0n) is 18.8. The summed E-state index contributed by atoms with van der Waals surface area (Å²) in [7, 11) is 0. The molecule has 0 bridgehead atoms. The number of carbonyl (C=O) groups excluding carboxylic acids is 3. The van der Waals surface area contributed by atoms with E-state index >= 15 is 0 Å². The Morgan fingerprint density at radius 1 is 0.933 bits per heavy atom. The Hall–Kier alpha value is -1.93. The third-order valence-corrected chi connectivity index (χ3v) is 4.69. The van der Waals surface area contributed by atoms with Gasteiger partial charge in [-0.05, 0) is 73.0 Å². The van der Waals surface area contributed by atoms with Crippen molar-refractivity contribution in [2.75, 3.05) is 39.5 Å². The highest BCUT2D eigenvalue weighted by atomic mass is 16.6.